The Balaban J connectivity index is 2.53. The van der Waals surface area contributed by atoms with Gasteiger partial charge in [0.05, 0.1) is 17.2 Å². The van der Waals surface area contributed by atoms with E-state index in [9.17, 15) is 9.59 Å². The molecule has 1 aromatic carbocycles. The Bertz CT molecular complexity index is 537. The first-order chi connectivity index (χ1) is 9.43. The van der Waals surface area contributed by atoms with Crippen molar-refractivity contribution in [2.24, 2.45) is 0 Å². The molecule has 0 saturated carbocycles. The minimum absolute atomic E-state index is 0.00840. The Morgan fingerprint density at radius 1 is 1.35 bits per heavy atom. The number of hydrogen-bond acceptors (Lipinski definition) is 4. The lowest BCUT2D eigenvalue weighted by Gasteiger charge is -2.10. The Labute approximate surface area is 131 Å². The molecule has 0 fully saturated rings. The lowest BCUT2D eigenvalue weighted by Crippen LogP contribution is -2.41. The van der Waals surface area contributed by atoms with Crippen molar-refractivity contribution in [3.05, 3.63) is 33.8 Å². The van der Waals surface area contributed by atoms with Crippen molar-refractivity contribution < 1.29 is 14.3 Å². The van der Waals surface area contributed by atoms with Gasteiger partial charge in [-0.1, -0.05) is 23.2 Å². The summed E-state index contributed by atoms with van der Waals surface area (Å²) in [6.45, 7) is 1.85. The Hall–Kier alpha value is -1.37. The van der Waals surface area contributed by atoms with Gasteiger partial charge in [-0.15, -0.1) is 0 Å². The lowest BCUT2D eigenvalue weighted by molar-refractivity contribution is -0.141. The molecule has 0 aromatic heterocycles. The average molecular weight is 335 g/mol. The molecule has 2 N–H and O–H groups in total. The van der Waals surface area contributed by atoms with E-state index in [2.05, 4.69) is 10.6 Å². The van der Waals surface area contributed by atoms with E-state index in [1.807, 2.05) is 0 Å². The van der Waals surface area contributed by atoms with Crippen LogP contribution in [0.25, 0.3) is 0 Å². The Kier molecular flexibility index (Phi) is 6.70. The number of nitrogens with one attached hydrogen (secondary N) is 2. The first-order valence-corrected chi connectivity index (χ1v) is 6.80. The molecule has 20 heavy (non-hydrogen) atoms. The van der Waals surface area contributed by atoms with E-state index in [1.165, 1.54) is 18.2 Å². The SMILES string of the molecule is CCOC(=O)CNC(=S)NC(=O)c1ccc(Cl)cc1Cl. The van der Waals surface area contributed by atoms with E-state index in [-0.39, 0.29) is 28.9 Å². The van der Waals surface area contributed by atoms with Crippen molar-refractivity contribution in [2.45, 2.75) is 6.92 Å². The molecule has 1 amide bonds. The van der Waals surface area contributed by atoms with Gasteiger partial charge in [0, 0.05) is 5.02 Å². The number of rotatable bonds is 4. The van der Waals surface area contributed by atoms with Crippen LogP contribution in [-0.4, -0.2) is 30.1 Å². The molecule has 0 bridgehead atoms. The minimum atomic E-state index is -0.493. The molecule has 0 aliphatic carbocycles. The molecule has 0 heterocycles. The van der Waals surface area contributed by atoms with Crippen LogP contribution in [0, 0.1) is 0 Å². The number of carbonyl (C=O) groups is 2. The van der Waals surface area contributed by atoms with Gasteiger partial charge in [-0.3, -0.25) is 14.9 Å². The molecule has 0 radical (unpaired) electrons. The summed E-state index contributed by atoms with van der Waals surface area (Å²) in [7, 11) is 0. The largest absolute Gasteiger partial charge is 0.465 e. The second-order valence-electron chi connectivity index (χ2n) is 3.57. The van der Waals surface area contributed by atoms with E-state index < -0.39 is 11.9 Å². The van der Waals surface area contributed by atoms with Crippen molar-refractivity contribution in [3.8, 4) is 0 Å². The van der Waals surface area contributed by atoms with Crippen LogP contribution >= 0.6 is 35.4 Å². The fourth-order valence-electron chi connectivity index (χ4n) is 1.25. The number of hydrogen-bond donors (Lipinski definition) is 2. The zero-order chi connectivity index (χ0) is 15.1. The first-order valence-electron chi connectivity index (χ1n) is 5.64. The predicted octanol–water partition coefficient (Wildman–Crippen LogP) is 2.16. The van der Waals surface area contributed by atoms with Gasteiger partial charge in [0.15, 0.2) is 5.11 Å². The summed E-state index contributed by atoms with van der Waals surface area (Å²) in [4.78, 5) is 23.0. The molecule has 5 nitrogen and oxygen atoms in total. The second-order valence-corrected chi connectivity index (χ2v) is 4.82. The third kappa shape index (κ3) is 5.32. The standard InChI is InChI=1S/C12H12Cl2N2O3S/c1-2-19-10(17)6-15-12(20)16-11(18)8-4-3-7(13)5-9(8)14/h3-5H,2,6H2,1H3,(H2,15,16,18,20). The molecule has 0 aliphatic heterocycles. The summed E-state index contributed by atoms with van der Waals surface area (Å²) in [6, 6.07) is 4.47. The number of benzene rings is 1. The number of thiocarbonyl (C=S) groups is 1. The molecule has 0 aliphatic rings. The summed E-state index contributed by atoms with van der Waals surface area (Å²) in [5, 5.41) is 5.60. The molecule has 0 spiro atoms. The highest BCUT2D eigenvalue weighted by Gasteiger charge is 2.12. The summed E-state index contributed by atoms with van der Waals surface area (Å²) >= 11 is 16.5. The van der Waals surface area contributed by atoms with E-state index in [1.54, 1.807) is 6.92 Å². The van der Waals surface area contributed by atoms with Gasteiger partial charge in [0.25, 0.3) is 5.91 Å². The number of amides is 1. The molecule has 108 valence electrons. The molecule has 0 saturated heterocycles. The number of halogens is 2. The zero-order valence-electron chi connectivity index (χ0n) is 10.5. The highest BCUT2D eigenvalue weighted by atomic mass is 35.5. The van der Waals surface area contributed by atoms with Crippen molar-refractivity contribution in [1.82, 2.24) is 10.6 Å². The fourth-order valence-corrected chi connectivity index (χ4v) is 1.91. The van der Waals surface area contributed by atoms with Crippen molar-refractivity contribution in [3.63, 3.8) is 0 Å². The summed E-state index contributed by atoms with van der Waals surface area (Å²) < 4.78 is 4.70. The Morgan fingerprint density at radius 2 is 2.05 bits per heavy atom. The van der Waals surface area contributed by atoms with Gasteiger partial charge in [-0.25, -0.2) is 0 Å². The normalized spacial score (nSPS) is 9.75. The van der Waals surface area contributed by atoms with Gasteiger partial charge < -0.3 is 10.1 Å². The van der Waals surface area contributed by atoms with Crippen LogP contribution in [-0.2, 0) is 9.53 Å². The van der Waals surface area contributed by atoms with Gasteiger partial charge in [-0.05, 0) is 37.3 Å². The van der Waals surface area contributed by atoms with Crippen molar-refractivity contribution in [2.75, 3.05) is 13.2 Å². The number of esters is 1. The first kappa shape index (κ1) is 16.7. The average Bonchev–Trinajstić information content (AvgIpc) is 2.36. The molecular formula is C12H12Cl2N2O3S. The predicted molar refractivity (Wildman–Crippen MR) is 81.2 cm³/mol. The maximum Gasteiger partial charge on any atom is 0.325 e. The minimum Gasteiger partial charge on any atom is -0.465 e. The van der Waals surface area contributed by atoms with Gasteiger partial charge in [-0.2, -0.15) is 0 Å². The Morgan fingerprint density at radius 3 is 2.65 bits per heavy atom. The molecule has 0 unspecified atom stereocenters. The molecular weight excluding hydrogens is 323 g/mol. The van der Waals surface area contributed by atoms with Crippen LogP contribution < -0.4 is 10.6 Å². The zero-order valence-corrected chi connectivity index (χ0v) is 12.9. The van der Waals surface area contributed by atoms with E-state index in [0.29, 0.717) is 5.02 Å². The van der Waals surface area contributed by atoms with Crippen LogP contribution in [0.4, 0.5) is 0 Å². The molecule has 1 aromatic rings. The van der Waals surface area contributed by atoms with Crippen LogP contribution in [0.3, 0.4) is 0 Å². The topological polar surface area (TPSA) is 67.4 Å². The molecule has 8 heteroatoms. The van der Waals surface area contributed by atoms with E-state index >= 15 is 0 Å². The number of carbonyl (C=O) groups excluding carboxylic acids is 2. The van der Waals surface area contributed by atoms with Gasteiger partial charge in [0.2, 0.25) is 0 Å². The molecule has 0 atom stereocenters. The third-order valence-corrected chi connectivity index (χ3v) is 2.90. The smallest absolute Gasteiger partial charge is 0.325 e. The summed E-state index contributed by atoms with van der Waals surface area (Å²) in [5.41, 5.74) is 0.233. The van der Waals surface area contributed by atoms with E-state index in [0.717, 1.165) is 0 Å². The molecule has 1 rings (SSSR count). The van der Waals surface area contributed by atoms with Crippen LogP contribution in [0.15, 0.2) is 18.2 Å². The maximum absolute atomic E-state index is 11.9. The van der Waals surface area contributed by atoms with Crippen molar-refractivity contribution in [1.29, 1.82) is 0 Å². The lowest BCUT2D eigenvalue weighted by atomic mass is 10.2. The number of ether oxygens (including phenoxy) is 1. The van der Waals surface area contributed by atoms with Crippen LogP contribution in [0.5, 0.6) is 0 Å². The monoisotopic (exact) mass is 334 g/mol. The highest BCUT2D eigenvalue weighted by Crippen LogP contribution is 2.20. The fraction of sp³-hybridized carbons (Fsp3) is 0.250. The quantitative estimate of drug-likeness (QED) is 0.652. The van der Waals surface area contributed by atoms with Crippen molar-refractivity contribution >= 4 is 52.4 Å². The maximum atomic E-state index is 11.9. The van der Waals surface area contributed by atoms with Crippen LogP contribution in [0.2, 0.25) is 10.0 Å². The second kappa shape index (κ2) is 8.04. The highest BCUT2D eigenvalue weighted by molar-refractivity contribution is 7.80. The van der Waals surface area contributed by atoms with Gasteiger partial charge in [0.1, 0.15) is 6.54 Å². The van der Waals surface area contributed by atoms with E-state index in [4.69, 9.17) is 40.2 Å². The third-order valence-electron chi connectivity index (χ3n) is 2.10. The van der Waals surface area contributed by atoms with Gasteiger partial charge >= 0.3 is 5.97 Å². The van der Waals surface area contributed by atoms with Crippen LogP contribution in [0.1, 0.15) is 17.3 Å². The summed E-state index contributed by atoms with van der Waals surface area (Å²) in [5.74, 6) is -0.957. The summed E-state index contributed by atoms with van der Waals surface area (Å²) in [6.07, 6.45) is 0.